The lowest BCUT2D eigenvalue weighted by atomic mass is 9.81. The van der Waals surface area contributed by atoms with Crippen LogP contribution in [0, 0.1) is 17.3 Å². The van der Waals surface area contributed by atoms with Gasteiger partial charge in [-0.1, -0.05) is 20.8 Å². The Bertz CT molecular complexity index is 330. The van der Waals surface area contributed by atoms with E-state index in [4.69, 9.17) is 0 Å². The van der Waals surface area contributed by atoms with Crippen LogP contribution in [-0.2, 0) is 9.84 Å². The second-order valence-electron chi connectivity index (χ2n) is 6.58. The van der Waals surface area contributed by atoms with Crippen LogP contribution in [0.5, 0.6) is 0 Å². The van der Waals surface area contributed by atoms with Crippen LogP contribution in [0.3, 0.4) is 0 Å². The van der Waals surface area contributed by atoms with E-state index >= 15 is 0 Å². The molecule has 0 spiro atoms. The summed E-state index contributed by atoms with van der Waals surface area (Å²) < 4.78 is 23.1. The largest absolute Gasteiger partial charge is 0.319 e. The molecule has 1 heterocycles. The van der Waals surface area contributed by atoms with Crippen molar-refractivity contribution < 1.29 is 8.42 Å². The van der Waals surface area contributed by atoms with Crippen molar-refractivity contribution in [2.24, 2.45) is 17.3 Å². The highest BCUT2D eigenvalue weighted by atomic mass is 32.2. The van der Waals surface area contributed by atoms with Gasteiger partial charge in [0, 0.05) is 0 Å². The van der Waals surface area contributed by atoms with Gasteiger partial charge in [-0.05, 0) is 50.1 Å². The van der Waals surface area contributed by atoms with Gasteiger partial charge in [0.25, 0.3) is 0 Å². The zero-order valence-electron chi connectivity index (χ0n) is 11.6. The Morgan fingerprint density at radius 1 is 1.35 bits per heavy atom. The van der Waals surface area contributed by atoms with E-state index in [1.165, 1.54) is 0 Å². The average molecular weight is 261 g/mol. The summed E-state index contributed by atoms with van der Waals surface area (Å²) in [6.07, 6.45) is 3.15. The van der Waals surface area contributed by atoms with Gasteiger partial charge >= 0.3 is 0 Å². The highest BCUT2D eigenvalue weighted by Gasteiger charge is 2.33. The minimum absolute atomic E-state index is 0.337. The summed E-state index contributed by atoms with van der Waals surface area (Å²) in [4.78, 5) is 0. The Morgan fingerprint density at radius 3 is 2.41 bits per heavy atom. The van der Waals surface area contributed by atoms with Crippen molar-refractivity contribution in [3.8, 4) is 0 Å². The summed E-state index contributed by atoms with van der Waals surface area (Å²) in [5.74, 6) is 1.68. The van der Waals surface area contributed by atoms with Crippen molar-refractivity contribution in [1.29, 1.82) is 0 Å². The molecule has 0 bridgehead atoms. The molecule has 2 atom stereocenters. The van der Waals surface area contributed by atoms with Crippen LogP contribution in [0.2, 0.25) is 0 Å². The maximum Gasteiger partial charge on any atom is 0.150 e. The van der Waals surface area contributed by atoms with Crippen LogP contribution in [0.15, 0.2) is 0 Å². The van der Waals surface area contributed by atoms with Crippen molar-refractivity contribution in [2.75, 3.05) is 25.1 Å². The van der Waals surface area contributed by atoms with E-state index in [2.05, 4.69) is 26.1 Å². The normalized spacial score (nSPS) is 26.0. The summed E-state index contributed by atoms with van der Waals surface area (Å²) in [6.45, 7) is 7.68. The molecule has 1 N–H and O–H groups in total. The molecule has 17 heavy (non-hydrogen) atoms. The van der Waals surface area contributed by atoms with E-state index in [1.54, 1.807) is 0 Å². The molecule has 3 nitrogen and oxygen atoms in total. The first kappa shape index (κ1) is 15.0. The first-order valence-corrected chi connectivity index (χ1v) is 8.41. The van der Waals surface area contributed by atoms with Crippen LogP contribution in [-0.4, -0.2) is 33.5 Å². The van der Waals surface area contributed by atoms with E-state index in [-0.39, 0.29) is 0 Å². The first-order chi connectivity index (χ1) is 7.73. The van der Waals surface area contributed by atoms with Gasteiger partial charge in [-0.25, -0.2) is 8.42 Å². The second kappa shape index (κ2) is 5.70. The molecule has 0 saturated carbocycles. The topological polar surface area (TPSA) is 46.2 Å². The van der Waals surface area contributed by atoms with Gasteiger partial charge in [0.2, 0.25) is 0 Å². The van der Waals surface area contributed by atoms with E-state index in [1.807, 2.05) is 7.05 Å². The number of rotatable bonds is 5. The molecule has 1 saturated heterocycles. The first-order valence-electron chi connectivity index (χ1n) is 6.58. The van der Waals surface area contributed by atoms with E-state index in [9.17, 15) is 8.42 Å². The Kier molecular flexibility index (Phi) is 5.02. The highest BCUT2D eigenvalue weighted by Crippen LogP contribution is 2.32. The van der Waals surface area contributed by atoms with E-state index < -0.39 is 9.84 Å². The molecule has 1 fully saturated rings. The van der Waals surface area contributed by atoms with Gasteiger partial charge in [-0.3, -0.25) is 0 Å². The van der Waals surface area contributed by atoms with Crippen LogP contribution >= 0.6 is 0 Å². The van der Waals surface area contributed by atoms with Crippen LogP contribution in [0.25, 0.3) is 0 Å². The quantitative estimate of drug-likeness (QED) is 0.824. The molecule has 0 aliphatic carbocycles. The minimum Gasteiger partial charge on any atom is -0.319 e. The van der Waals surface area contributed by atoms with Crippen LogP contribution in [0.4, 0.5) is 0 Å². The summed E-state index contributed by atoms with van der Waals surface area (Å²) in [5, 5.41) is 3.21. The summed E-state index contributed by atoms with van der Waals surface area (Å²) >= 11 is 0. The van der Waals surface area contributed by atoms with Gasteiger partial charge < -0.3 is 5.32 Å². The van der Waals surface area contributed by atoms with Crippen molar-refractivity contribution in [2.45, 2.75) is 40.0 Å². The van der Waals surface area contributed by atoms with Gasteiger partial charge in [0.15, 0.2) is 9.84 Å². The molecule has 1 aliphatic heterocycles. The molecule has 1 rings (SSSR count). The van der Waals surface area contributed by atoms with E-state index in [0.29, 0.717) is 28.8 Å². The van der Waals surface area contributed by atoms with Crippen LogP contribution in [0.1, 0.15) is 40.0 Å². The zero-order valence-corrected chi connectivity index (χ0v) is 12.4. The molecule has 0 radical (unpaired) electrons. The van der Waals surface area contributed by atoms with Crippen molar-refractivity contribution in [3.05, 3.63) is 0 Å². The predicted molar refractivity (Wildman–Crippen MR) is 72.9 cm³/mol. The molecular formula is C13H27NO2S. The van der Waals surface area contributed by atoms with Gasteiger partial charge in [0.05, 0.1) is 11.5 Å². The molecule has 0 amide bonds. The lowest BCUT2D eigenvalue weighted by molar-refractivity contribution is 0.268. The molecule has 4 heteroatoms. The number of hydrogen-bond donors (Lipinski definition) is 1. The zero-order chi connectivity index (χ0) is 13.1. The Labute approximate surface area is 106 Å². The third kappa shape index (κ3) is 5.38. The van der Waals surface area contributed by atoms with Crippen LogP contribution < -0.4 is 5.32 Å². The maximum absolute atomic E-state index is 11.5. The lowest BCUT2D eigenvalue weighted by Crippen LogP contribution is -2.28. The standard InChI is InChI=1S/C13H27NO2S/c1-13(2,3)7-5-11(9-14-4)12-6-8-17(15,16)10-12/h11-12,14H,5-10H2,1-4H3. The molecular weight excluding hydrogens is 234 g/mol. The fraction of sp³-hybridized carbons (Fsp3) is 1.00. The van der Waals surface area contributed by atoms with Crippen molar-refractivity contribution in [1.82, 2.24) is 5.32 Å². The van der Waals surface area contributed by atoms with Gasteiger partial charge in [-0.15, -0.1) is 0 Å². The third-order valence-corrected chi connectivity index (χ3v) is 5.46. The molecule has 0 aromatic heterocycles. The molecule has 0 aromatic carbocycles. The van der Waals surface area contributed by atoms with E-state index in [0.717, 1.165) is 25.8 Å². The molecule has 2 unspecified atom stereocenters. The summed E-state index contributed by atoms with van der Waals surface area (Å²) in [6, 6.07) is 0. The second-order valence-corrected chi connectivity index (χ2v) is 8.81. The lowest BCUT2D eigenvalue weighted by Gasteiger charge is -2.26. The van der Waals surface area contributed by atoms with Gasteiger partial charge in [-0.2, -0.15) is 0 Å². The SMILES string of the molecule is CNCC(CCC(C)(C)C)C1CCS(=O)(=O)C1. The maximum atomic E-state index is 11.5. The Hall–Kier alpha value is -0.0900. The fourth-order valence-corrected chi connectivity index (χ4v) is 4.50. The minimum atomic E-state index is -2.74. The third-order valence-electron chi connectivity index (χ3n) is 3.67. The Morgan fingerprint density at radius 2 is 2.00 bits per heavy atom. The fourth-order valence-electron chi connectivity index (χ4n) is 2.58. The predicted octanol–water partition coefficient (Wildman–Crippen LogP) is 2.08. The molecule has 102 valence electrons. The van der Waals surface area contributed by atoms with Crippen molar-refractivity contribution >= 4 is 9.84 Å². The number of sulfone groups is 1. The monoisotopic (exact) mass is 261 g/mol. The van der Waals surface area contributed by atoms with Gasteiger partial charge in [0.1, 0.15) is 0 Å². The highest BCUT2D eigenvalue weighted by molar-refractivity contribution is 7.91. The Balaban J connectivity index is 2.54. The summed E-state index contributed by atoms with van der Waals surface area (Å²) in [5.41, 5.74) is 0.337. The molecule has 1 aliphatic rings. The summed E-state index contributed by atoms with van der Waals surface area (Å²) in [7, 11) is -0.788. The smallest absolute Gasteiger partial charge is 0.150 e. The average Bonchev–Trinajstić information content (AvgIpc) is 2.52. The molecule has 0 aromatic rings. The van der Waals surface area contributed by atoms with Crippen molar-refractivity contribution in [3.63, 3.8) is 0 Å². The number of nitrogens with one attached hydrogen (secondary N) is 1. The number of hydrogen-bond acceptors (Lipinski definition) is 3.